The monoisotopic (exact) mass is 204 g/mol. The van der Waals surface area contributed by atoms with Gasteiger partial charge in [0.1, 0.15) is 6.54 Å². The summed E-state index contributed by atoms with van der Waals surface area (Å²) in [7, 11) is 0. The molecule has 0 atom stereocenters. The number of aromatic nitrogens is 1. The van der Waals surface area contributed by atoms with E-state index >= 15 is 0 Å². The summed E-state index contributed by atoms with van der Waals surface area (Å²) in [5, 5.41) is 9.68. The number of carboxylic acids is 1. The van der Waals surface area contributed by atoms with Crippen LogP contribution in [-0.2, 0) is 11.3 Å². The van der Waals surface area contributed by atoms with E-state index in [4.69, 9.17) is 10.8 Å². The standard InChI is InChI=1S/C11H12N2O2/c1-7-3-2-4-8-9(12)5-13(11(7)8)6-10(14)15/h2-5H,6,12H2,1H3,(H,14,15). The van der Waals surface area contributed by atoms with Crippen LogP contribution in [0.1, 0.15) is 5.56 Å². The van der Waals surface area contributed by atoms with Gasteiger partial charge in [0.05, 0.1) is 11.2 Å². The van der Waals surface area contributed by atoms with Gasteiger partial charge in [-0.25, -0.2) is 0 Å². The van der Waals surface area contributed by atoms with Crippen molar-refractivity contribution in [1.82, 2.24) is 4.57 Å². The molecule has 1 heterocycles. The first-order valence-electron chi connectivity index (χ1n) is 4.65. The summed E-state index contributed by atoms with van der Waals surface area (Å²) >= 11 is 0. The SMILES string of the molecule is Cc1cccc2c(N)cn(CC(=O)O)c12. The fourth-order valence-electron chi connectivity index (χ4n) is 1.85. The number of aliphatic carboxylic acids is 1. The number of hydrogen-bond donors (Lipinski definition) is 2. The Bertz CT molecular complexity index is 529. The van der Waals surface area contributed by atoms with Crippen molar-refractivity contribution in [2.75, 3.05) is 5.73 Å². The van der Waals surface area contributed by atoms with Crippen LogP contribution >= 0.6 is 0 Å². The number of nitrogens with zero attached hydrogens (tertiary/aromatic N) is 1. The summed E-state index contributed by atoms with van der Waals surface area (Å²) in [5.74, 6) is -0.866. The normalized spacial score (nSPS) is 10.7. The Morgan fingerprint density at radius 3 is 2.93 bits per heavy atom. The molecule has 0 saturated heterocycles. The van der Waals surface area contributed by atoms with Crippen LogP contribution in [0.15, 0.2) is 24.4 Å². The van der Waals surface area contributed by atoms with Gasteiger partial charge >= 0.3 is 5.97 Å². The van der Waals surface area contributed by atoms with Crippen LogP contribution in [0.5, 0.6) is 0 Å². The Morgan fingerprint density at radius 1 is 1.53 bits per heavy atom. The Balaban J connectivity index is 2.70. The second-order valence-corrected chi connectivity index (χ2v) is 3.58. The van der Waals surface area contributed by atoms with Crippen molar-refractivity contribution in [3.63, 3.8) is 0 Å². The molecule has 2 rings (SSSR count). The van der Waals surface area contributed by atoms with E-state index in [0.717, 1.165) is 16.5 Å². The molecular formula is C11H12N2O2. The van der Waals surface area contributed by atoms with E-state index in [1.165, 1.54) is 0 Å². The predicted octanol–water partition coefficient (Wildman–Crippen LogP) is 1.62. The lowest BCUT2D eigenvalue weighted by atomic mass is 10.1. The van der Waals surface area contributed by atoms with Crippen LogP contribution in [-0.4, -0.2) is 15.6 Å². The molecule has 0 fully saturated rings. The van der Waals surface area contributed by atoms with Crippen LogP contribution in [0.25, 0.3) is 10.9 Å². The van der Waals surface area contributed by atoms with Crippen molar-refractivity contribution < 1.29 is 9.90 Å². The highest BCUT2D eigenvalue weighted by atomic mass is 16.4. The van der Waals surface area contributed by atoms with E-state index in [1.54, 1.807) is 10.8 Å². The minimum Gasteiger partial charge on any atom is -0.480 e. The Hall–Kier alpha value is -1.97. The average Bonchev–Trinajstić information content (AvgIpc) is 2.44. The molecule has 0 aliphatic rings. The second-order valence-electron chi connectivity index (χ2n) is 3.58. The number of carbonyl (C=O) groups is 1. The average molecular weight is 204 g/mol. The van der Waals surface area contributed by atoms with Crippen molar-refractivity contribution >= 4 is 22.6 Å². The number of nitrogen functional groups attached to an aromatic ring is 1. The fraction of sp³-hybridized carbons (Fsp3) is 0.182. The second kappa shape index (κ2) is 3.31. The van der Waals surface area contributed by atoms with E-state index < -0.39 is 5.97 Å². The molecule has 78 valence electrons. The Labute approximate surface area is 86.9 Å². The number of aryl methyl sites for hydroxylation is 1. The van der Waals surface area contributed by atoms with Crippen molar-refractivity contribution in [2.45, 2.75) is 13.5 Å². The van der Waals surface area contributed by atoms with Gasteiger partial charge in [0.2, 0.25) is 0 Å². The molecule has 0 unspecified atom stereocenters. The van der Waals surface area contributed by atoms with E-state index in [0.29, 0.717) is 5.69 Å². The molecular weight excluding hydrogens is 192 g/mol. The van der Waals surface area contributed by atoms with Gasteiger partial charge in [-0.15, -0.1) is 0 Å². The third-order valence-electron chi connectivity index (χ3n) is 2.44. The molecule has 2 aromatic rings. The highest BCUT2D eigenvalue weighted by molar-refractivity contribution is 5.94. The molecule has 0 radical (unpaired) electrons. The van der Waals surface area contributed by atoms with Crippen LogP contribution in [0.2, 0.25) is 0 Å². The van der Waals surface area contributed by atoms with Gasteiger partial charge in [-0.2, -0.15) is 0 Å². The number of carboxylic acid groups (broad SMARTS) is 1. The van der Waals surface area contributed by atoms with Crippen molar-refractivity contribution in [3.05, 3.63) is 30.0 Å². The lowest BCUT2D eigenvalue weighted by molar-refractivity contribution is -0.137. The molecule has 0 aliphatic heterocycles. The smallest absolute Gasteiger partial charge is 0.323 e. The van der Waals surface area contributed by atoms with Crippen molar-refractivity contribution in [1.29, 1.82) is 0 Å². The molecule has 4 nitrogen and oxygen atoms in total. The number of benzene rings is 1. The van der Waals surface area contributed by atoms with Crippen molar-refractivity contribution in [3.8, 4) is 0 Å². The zero-order valence-electron chi connectivity index (χ0n) is 8.40. The highest BCUT2D eigenvalue weighted by Crippen LogP contribution is 2.25. The first-order chi connectivity index (χ1) is 7.09. The molecule has 3 N–H and O–H groups in total. The van der Waals surface area contributed by atoms with E-state index in [-0.39, 0.29) is 6.54 Å². The zero-order chi connectivity index (χ0) is 11.0. The number of hydrogen-bond acceptors (Lipinski definition) is 2. The summed E-state index contributed by atoms with van der Waals surface area (Å²) in [5.41, 5.74) is 8.36. The van der Waals surface area contributed by atoms with E-state index in [2.05, 4.69) is 0 Å². The lowest BCUT2D eigenvalue weighted by Gasteiger charge is -2.03. The zero-order valence-corrected chi connectivity index (χ0v) is 8.40. The molecule has 1 aromatic carbocycles. The summed E-state index contributed by atoms with van der Waals surface area (Å²) in [4.78, 5) is 10.7. The molecule has 0 aliphatic carbocycles. The third kappa shape index (κ3) is 1.54. The summed E-state index contributed by atoms with van der Waals surface area (Å²) in [6, 6.07) is 5.76. The van der Waals surface area contributed by atoms with Crippen LogP contribution < -0.4 is 5.73 Å². The minimum absolute atomic E-state index is 0.0570. The van der Waals surface area contributed by atoms with E-state index in [1.807, 2.05) is 25.1 Å². The van der Waals surface area contributed by atoms with Crippen LogP contribution in [0.3, 0.4) is 0 Å². The maximum atomic E-state index is 10.7. The van der Waals surface area contributed by atoms with Gasteiger partial charge in [0.15, 0.2) is 0 Å². The minimum atomic E-state index is -0.866. The Kier molecular flexibility index (Phi) is 2.11. The van der Waals surface area contributed by atoms with Gasteiger partial charge in [-0.3, -0.25) is 4.79 Å². The third-order valence-corrected chi connectivity index (χ3v) is 2.44. The van der Waals surface area contributed by atoms with Gasteiger partial charge in [-0.1, -0.05) is 18.2 Å². The van der Waals surface area contributed by atoms with Crippen LogP contribution in [0.4, 0.5) is 5.69 Å². The van der Waals surface area contributed by atoms with Gasteiger partial charge in [-0.05, 0) is 12.5 Å². The summed E-state index contributed by atoms with van der Waals surface area (Å²) in [6.45, 7) is 1.89. The maximum absolute atomic E-state index is 10.7. The molecule has 0 saturated carbocycles. The first kappa shape index (κ1) is 9.58. The number of para-hydroxylation sites is 1. The highest BCUT2D eigenvalue weighted by Gasteiger charge is 2.09. The molecule has 4 heteroatoms. The van der Waals surface area contributed by atoms with Gasteiger partial charge < -0.3 is 15.4 Å². The maximum Gasteiger partial charge on any atom is 0.323 e. The number of anilines is 1. The predicted molar refractivity (Wildman–Crippen MR) is 58.7 cm³/mol. The lowest BCUT2D eigenvalue weighted by Crippen LogP contribution is -2.07. The topological polar surface area (TPSA) is 68.2 Å². The quantitative estimate of drug-likeness (QED) is 0.781. The first-order valence-corrected chi connectivity index (χ1v) is 4.65. The number of rotatable bonds is 2. The number of fused-ring (bicyclic) bond motifs is 1. The fourth-order valence-corrected chi connectivity index (χ4v) is 1.85. The Morgan fingerprint density at radius 2 is 2.27 bits per heavy atom. The van der Waals surface area contributed by atoms with Gasteiger partial charge in [0.25, 0.3) is 0 Å². The van der Waals surface area contributed by atoms with Crippen molar-refractivity contribution in [2.24, 2.45) is 0 Å². The summed E-state index contributed by atoms with van der Waals surface area (Å²) < 4.78 is 1.67. The van der Waals surface area contributed by atoms with Crippen LogP contribution in [0, 0.1) is 6.92 Å². The molecule has 0 amide bonds. The molecule has 1 aromatic heterocycles. The summed E-state index contributed by atoms with van der Waals surface area (Å²) in [6.07, 6.45) is 1.67. The number of nitrogens with two attached hydrogens (primary N) is 1. The van der Waals surface area contributed by atoms with E-state index in [9.17, 15) is 4.79 Å². The van der Waals surface area contributed by atoms with Gasteiger partial charge in [0, 0.05) is 11.6 Å². The largest absolute Gasteiger partial charge is 0.480 e. The molecule has 15 heavy (non-hydrogen) atoms. The molecule has 0 bridgehead atoms. The molecule has 0 spiro atoms.